The van der Waals surface area contributed by atoms with E-state index in [4.69, 9.17) is 4.74 Å². The van der Waals surface area contributed by atoms with Crippen LogP contribution in [0.15, 0.2) is 24.3 Å². The monoisotopic (exact) mass is 308 g/mol. The highest BCUT2D eigenvalue weighted by Gasteiger charge is 2.28. The molecule has 2 amide bonds. The van der Waals surface area contributed by atoms with Gasteiger partial charge in [0.15, 0.2) is 0 Å². The van der Waals surface area contributed by atoms with Gasteiger partial charge >= 0.3 is 6.03 Å². The molecule has 0 radical (unpaired) electrons. The van der Waals surface area contributed by atoms with Crippen LogP contribution in [0.3, 0.4) is 0 Å². The molecule has 3 N–H and O–H groups in total. The maximum absolute atomic E-state index is 12.1. The fraction of sp³-hybridized carbons (Fsp3) is 0.588. The summed E-state index contributed by atoms with van der Waals surface area (Å²) >= 11 is 0. The number of hydrogen-bond donors (Lipinski definition) is 3. The smallest absolute Gasteiger partial charge is 0.315 e. The highest BCUT2D eigenvalue weighted by atomic mass is 16.5. The van der Waals surface area contributed by atoms with Crippen LogP contribution in [0.1, 0.15) is 37.9 Å². The van der Waals surface area contributed by atoms with E-state index in [2.05, 4.69) is 31.4 Å². The molecule has 1 aromatic carbocycles. The number of ether oxygens (including phenoxy) is 1. The highest BCUT2D eigenvalue weighted by molar-refractivity contribution is 5.74. The van der Waals surface area contributed by atoms with E-state index in [1.807, 2.05) is 31.2 Å². The Labute approximate surface area is 133 Å². The molecule has 1 aromatic rings. The van der Waals surface area contributed by atoms with E-state index in [1.165, 1.54) is 7.11 Å². The van der Waals surface area contributed by atoms with Crippen molar-refractivity contribution < 1.29 is 14.6 Å². The van der Waals surface area contributed by atoms with Crippen molar-refractivity contribution in [3.8, 4) is 0 Å². The molecule has 2 atom stereocenters. The van der Waals surface area contributed by atoms with Crippen LogP contribution in [0.5, 0.6) is 0 Å². The summed E-state index contributed by atoms with van der Waals surface area (Å²) in [6.07, 6.45) is -0.706. The number of benzene rings is 1. The number of hydrogen-bond acceptors (Lipinski definition) is 3. The van der Waals surface area contributed by atoms with Crippen molar-refractivity contribution in [3.05, 3.63) is 35.4 Å². The van der Waals surface area contributed by atoms with Crippen LogP contribution in [-0.4, -0.2) is 37.5 Å². The van der Waals surface area contributed by atoms with E-state index < -0.39 is 6.10 Å². The summed E-state index contributed by atoms with van der Waals surface area (Å²) in [7, 11) is 1.51. The molecular weight excluding hydrogens is 280 g/mol. The average molecular weight is 308 g/mol. The topological polar surface area (TPSA) is 70.6 Å². The van der Waals surface area contributed by atoms with Crippen molar-refractivity contribution in [2.45, 2.75) is 39.8 Å². The summed E-state index contributed by atoms with van der Waals surface area (Å²) in [4.78, 5) is 12.1. The molecule has 0 fully saturated rings. The molecular formula is C17H28N2O3. The minimum atomic E-state index is -0.706. The number of carbonyl (C=O) groups excluding carboxylic acids is 1. The fourth-order valence-electron chi connectivity index (χ4n) is 2.32. The third-order valence-electron chi connectivity index (χ3n) is 3.50. The molecule has 5 heteroatoms. The maximum atomic E-state index is 12.1. The van der Waals surface area contributed by atoms with Gasteiger partial charge in [-0.25, -0.2) is 4.79 Å². The molecule has 0 unspecified atom stereocenters. The summed E-state index contributed by atoms with van der Waals surface area (Å²) in [6.45, 7) is 8.65. The highest BCUT2D eigenvalue weighted by Crippen LogP contribution is 2.34. The first-order valence-electron chi connectivity index (χ1n) is 7.52. The summed E-state index contributed by atoms with van der Waals surface area (Å²) < 4.78 is 4.83. The Kier molecular flexibility index (Phi) is 6.84. The minimum absolute atomic E-state index is 0.117. The Hall–Kier alpha value is -1.59. The van der Waals surface area contributed by atoms with Crippen molar-refractivity contribution in [2.75, 3.05) is 20.3 Å². The Morgan fingerprint density at radius 2 is 1.95 bits per heavy atom. The Balaban J connectivity index is 2.75. The average Bonchev–Trinajstić information content (AvgIpc) is 2.43. The largest absolute Gasteiger partial charge is 0.389 e. The minimum Gasteiger partial charge on any atom is -0.389 e. The molecule has 0 heterocycles. The van der Waals surface area contributed by atoms with Crippen LogP contribution in [0.25, 0.3) is 0 Å². The number of rotatable bonds is 6. The number of methoxy groups -OCH3 is 1. The predicted molar refractivity (Wildman–Crippen MR) is 87.8 cm³/mol. The molecule has 0 saturated carbocycles. The lowest BCUT2D eigenvalue weighted by Gasteiger charge is -2.33. The van der Waals surface area contributed by atoms with Gasteiger partial charge in [0.25, 0.3) is 0 Å². The zero-order valence-corrected chi connectivity index (χ0v) is 14.1. The molecule has 5 nitrogen and oxygen atoms in total. The molecule has 0 aliphatic heterocycles. The first-order chi connectivity index (χ1) is 10.3. The Morgan fingerprint density at radius 3 is 2.50 bits per heavy atom. The number of nitrogens with one attached hydrogen (secondary N) is 2. The van der Waals surface area contributed by atoms with Gasteiger partial charge in [-0.05, 0) is 23.5 Å². The van der Waals surface area contributed by atoms with Crippen LogP contribution in [0, 0.1) is 12.3 Å². The third-order valence-corrected chi connectivity index (χ3v) is 3.50. The van der Waals surface area contributed by atoms with Crippen LogP contribution in [0.2, 0.25) is 0 Å². The lowest BCUT2D eigenvalue weighted by Crippen LogP contribution is -2.45. The number of carbonyl (C=O) groups is 1. The zero-order chi connectivity index (χ0) is 16.8. The van der Waals surface area contributed by atoms with Crippen molar-refractivity contribution in [1.29, 1.82) is 0 Å². The number of aliphatic hydroxyl groups is 1. The summed E-state index contributed by atoms with van der Waals surface area (Å²) in [5.41, 5.74) is 2.11. The normalized spacial score (nSPS) is 14.3. The Morgan fingerprint density at radius 1 is 1.32 bits per heavy atom. The van der Waals surface area contributed by atoms with Gasteiger partial charge in [-0.15, -0.1) is 0 Å². The number of amides is 2. The van der Waals surface area contributed by atoms with Gasteiger partial charge in [0, 0.05) is 13.7 Å². The van der Waals surface area contributed by atoms with E-state index in [-0.39, 0.29) is 30.6 Å². The van der Waals surface area contributed by atoms with Crippen LogP contribution < -0.4 is 10.6 Å². The van der Waals surface area contributed by atoms with Gasteiger partial charge in [0.1, 0.15) is 0 Å². The maximum Gasteiger partial charge on any atom is 0.315 e. The number of aliphatic hydroxyl groups excluding tert-OH is 1. The Bertz CT molecular complexity index is 483. The molecule has 0 aliphatic carbocycles. The predicted octanol–water partition coefficient (Wildman–Crippen LogP) is 2.39. The van der Waals surface area contributed by atoms with E-state index in [0.717, 1.165) is 11.1 Å². The van der Waals surface area contributed by atoms with E-state index >= 15 is 0 Å². The standard InChI is InChI=1S/C17H28N2O3/c1-12-8-6-7-9-14(12)15(17(2,3)4)19-16(21)18-10-13(20)11-22-5/h6-9,13,15,20H,10-11H2,1-5H3,(H2,18,19,21)/t13-,15-/m1/s1. The second-order valence-electron chi connectivity index (χ2n) is 6.62. The summed E-state index contributed by atoms with van der Waals surface area (Å²) in [5, 5.41) is 15.3. The van der Waals surface area contributed by atoms with Gasteiger partial charge in [-0.1, -0.05) is 45.0 Å². The van der Waals surface area contributed by atoms with E-state index in [1.54, 1.807) is 0 Å². The molecule has 0 spiro atoms. The molecule has 0 bridgehead atoms. The van der Waals surface area contributed by atoms with Gasteiger partial charge in [-0.2, -0.15) is 0 Å². The van der Waals surface area contributed by atoms with Gasteiger partial charge in [0.2, 0.25) is 0 Å². The first kappa shape index (κ1) is 18.5. The summed E-state index contributed by atoms with van der Waals surface area (Å²) in [6, 6.07) is 7.62. The molecule has 0 aromatic heterocycles. The van der Waals surface area contributed by atoms with Crippen molar-refractivity contribution >= 4 is 6.03 Å². The van der Waals surface area contributed by atoms with E-state index in [9.17, 15) is 9.90 Å². The van der Waals surface area contributed by atoms with Crippen LogP contribution in [0.4, 0.5) is 4.79 Å². The molecule has 22 heavy (non-hydrogen) atoms. The van der Waals surface area contributed by atoms with Gasteiger partial charge in [-0.3, -0.25) is 0 Å². The van der Waals surface area contributed by atoms with Crippen LogP contribution >= 0.6 is 0 Å². The second kappa shape index (κ2) is 8.15. The second-order valence-corrected chi connectivity index (χ2v) is 6.62. The van der Waals surface area contributed by atoms with Crippen molar-refractivity contribution in [3.63, 3.8) is 0 Å². The third kappa shape index (κ3) is 5.66. The molecule has 1 rings (SSSR count). The lowest BCUT2D eigenvalue weighted by atomic mass is 9.81. The molecule has 0 aliphatic rings. The summed E-state index contributed by atoms with van der Waals surface area (Å²) in [5.74, 6) is 0. The van der Waals surface area contributed by atoms with Gasteiger partial charge < -0.3 is 20.5 Å². The fourth-order valence-corrected chi connectivity index (χ4v) is 2.32. The zero-order valence-electron chi connectivity index (χ0n) is 14.1. The van der Waals surface area contributed by atoms with Crippen molar-refractivity contribution in [2.24, 2.45) is 5.41 Å². The number of urea groups is 1. The molecule has 124 valence electrons. The first-order valence-corrected chi connectivity index (χ1v) is 7.52. The quantitative estimate of drug-likeness (QED) is 0.755. The van der Waals surface area contributed by atoms with Crippen molar-refractivity contribution in [1.82, 2.24) is 10.6 Å². The number of aryl methyl sites for hydroxylation is 1. The SMILES string of the molecule is COC[C@H](O)CNC(=O)N[C@H](c1ccccc1C)C(C)(C)C. The van der Waals surface area contributed by atoms with E-state index in [0.29, 0.717) is 0 Å². The molecule has 0 saturated heterocycles. The van der Waals surface area contributed by atoms with Gasteiger partial charge in [0.05, 0.1) is 18.8 Å². The lowest BCUT2D eigenvalue weighted by molar-refractivity contribution is 0.0657. The van der Waals surface area contributed by atoms with Crippen LogP contribution in [-0.2, 0) is 4.74 Å².